The van der Waals surface area contributed by atoms with Crippen molar-refractivity contribution >= 4 is 17.8 Å². The number of unbranched alkanes of at least 4 members (excludes halogenated alkanes) is 1. The van der Waals surface area contributed by atoms with E-state index in [1.54, 1.807) is 6.07 Å². The van der Waals surface area contributed by atoms with Crippen LogP contribution in [0.2, 0.25) is 0 Å². The van der Waals surface area contributed by atoms with Crippen molar-refractivity contribution in [1.82, 2.24) is 10.6 Å². The van der Waals surface area contributed by atoms with Crippen LogP contribution in [-0.2, 0) is 16.1 Å². The van der Waals surface area contributed by atoms with Crippen molar-refractivity contribution in [3.05, 3.63) is 47.5 Å². The van der Waals surface area contributed by atoms with Gasteiger partial charge in [0.25, 0.3) is 5.91 Å². The molecule has 0 saturated heterocycles. The molecule has 7 nitrogen and oxygen atoms in total. The normalized spacial score (nSPS) is 39.0. The van der Waals surface area contributed by atoms with Gasteiger partial charge >= 0.3 is 5.97 Å². The Morgan fingerprint density at radius 1 is 0.878 bits per heavy atom. The summed E-state index contributed by atoms with van der Waals surface area (Å²) >= 11 is 0. The largest absolute Gasteiger partial charge is 0.481 e. The molecule has 0 aromatic heterocycles. The molecule has 10 unspecified atom stereocenters. The van der Waals surface area contributed by atoms with Crippen LogP contribution < -0.4 is 10.6 Å². The van der Waals surface area contributed by atoms with Crippen molar-refractivity contribution in [2.75, 3.05) is 6.54 Å². The average molecular weight is 675 g/mol. The fourth-order valence-corrected chi connectivity index (χ4v) is 13.1. The second-order valence-corrected chi connectivity index (χ2v) is 18.1. The molecule has 5 aliphatic rings. The first-order valence-electron chi connectivity index (χ1n) is 19.4. The van der Waals surface area contributed by atoms with E-state index in [0.29, 0.717) is 67.0 Å². The van der Waals surface area contributed by atoms with Crippen molar-refractivity contribution < 1.29 is 24.6 Å². The summed E-state index contributed by atoms with van der Waals surface area (Å²) in [5.74, 6) is 2.21. The maximum absolute atomic E-state index is 14.5. The van der Waals surface area contributed by atoms with Gasteiger partial charge in [0, 0.05) is 25.1 Å². The first-order chi connectivity index (χ1) is 23.1. The van der Waals surface area contributed by atoms with Crippen LogP contribution in [0.1, 0.15) is 134 Å². The van der Waals surface area contributed by atoms with Crippen LogP contribution in [0.4, 0.5) is 0 Å². The van der Waals surface area contributed by atoms with Crippen LogP contribution in [-0.4, -0.2) is 40.6 Å². The van der Waals surface area contributed by atoms with E-state index in [1.807, 2.05) is 18.2 Å². The molecule has 0 heterocycles. The number of carbonyl (C=O) groups is 3. The number of amides is 2. The fraction of sp³-hybridized carbons (Fsp3) is 0.738. The standard InChI is InChI=1S/C42H62N2O5/c1-26(2)29-15-21-42(38(49)44-25-27-10-9-11-28(24-27)37(48)43-23-8-7-12-35(46)47)22-16-31-30(36(29)42)13-14-33-40(31,5)19-17-32-39(3,4)34(45)18-20-41(32,33)6/h9-11,24,29-34,36,45H,1,7-8,12-23,25H2,2-6H3,(H,43,48)(H,44,49)(H,46,47). The number of carboxylic acids is 1. The second kappa shape index (κ2) is 13.5. The van der Waals surface area contributed by atoms with Gasteiger partial charge in [0.15, 0.2) is 0 Å². The van der Waals surface area contributed by atoms with Crippen molar-refractivity contribution in [1.29, 1.82) is 0 Å². The highest BCUT2D eigenvalue weighted by atomic mass is 16.4. The minimum Gasteiger partial charge on any atom is -0.481 e. The maximum Gasteiger partial charge on any atom is 0.303 e. The Morgan fingerprint density at radius 3 is 2.35 bits per heavy atom. The summed E-state index contributed by atoms with van der Waals surface area (Å²) in [6.45, 7) is 17.3. The van der Waals surface area contributed by atoms with E-state index >= 15 is 0 Å². The molecule has 2 amide bonds. The lowest BCUT2D eigenvalue weighted by atomic mass is 9.36. The minimum atomic E-state index is -0.822. The minimum absolute atomic E-state index is 0.0475. The number of aliphatic hydroxyl groups is 1. The van der Waals surface area contributed by atoms with E-state index in [9.17, 15) is 19.5 Å². The first-order valence-corrected chi connectivity index (χ1v) is 19.4. The zero-order valence-corrected chi connectivity index (χ0v) is 30.8. The molecule has 0 bridgehead atoms. The highest BCUT2D eigenvalue weighted by molar-refractivity contribution is 5.94. The number of fused-ring (bicyclic) bond motifs is 7. The molecule has 5 aliphatic carbocycles. The molecule has 1 aromatic carbocycles. The van der Waals surface area contributed by atoms with E-state index in [-0.39, 0.29) is 46.0 Å². The van der Waals surface area contributed by atoms with Gasteiger partial charge in [0.05, 0.1) is 11.5 Å². The van der Waals surface area contributed by atoms with Crippen LogP contribution >= 0.6 is 0 Å². The lowest BCUT2D eigenvalue weighted by molar-refractivity contribution is -0.216. The number of carboxylic acid groups (broad SMARTS) is 1. The Morgan fingerprint density at radius 2 is 1.61 bits per heavy atom. The van der Waals surface area contributed by atoms with Crippen LogP contribution in [0.25, 0.3) is 0 Å². The van der Waals surface area contributed by atoms with Crippen molar-refractivity contribution in [3.8, 4) is 0 Å². The summed E-state index contributed by atoms with van der Waals surface area (Å²) in [4.78, 5) is 38.1. The van der Waals surface area contributed by atoms with Gasteiger partial charge < -0.3 is 20.8 Å². The lowest BCUT2D eigenvalue weighted by Crippen LogP contribution is -2.64. The van der Waals surface area contributed by atoms with Gasteiger partial charge in [-0.1, -0.05) is 52.0 Å². The number of rotatable bonds is 10. The maximum atomic E-state index is 14.5. The molecule has 0 spiro atoms. The predicted octanol–water partition coefficient (Wildman–Crippen LogP) is 7.92. The van der Waals surface area contributed by atoms with Crippen LogP contribution in [0, 0.1) is 57.2 Å². The Bertz CT molecular complexity index is 1450. The SMILES string of the molecule is C=C(C)C1CCC2(C(=O)NCc3cccc(C(=O)NCCCCC(=O)O)c3)CCC3C(CCC4C3(C)CCC3C(C)(C)C(O)CCC34C)C12. The highest BCUT2D eigenvalue weighted by Crippen LogP contribution is 2.73. The van der Waals surface area contributed by atoms with Gasteiger partial charge in [-0.2, -0.15) is 0 Å². The smallest absolute Gasteiger partial charge is 0.303 e. The molecule has 5 saturated carbocycles. The number of nitrogens with one attached hydrogen (secondary N) is 2. The van der Waals surface area contributed by atoms with Gasteiger partial charge in [-0.25, -0.2) is 0 Å². The molecule has 6 rings (SSSR count). The number of allylic oxidation sites excluding steroid dienone is 1. The summed E-state index contributed by atoms with van der Waals surface area (Å²) in [6.07, 6.45) is 11.9. The average Bonchev–Trinajstić information content (AvgIpc) is 3.47. The number of hydrogen-bond acceptors (Lipinski definition) is 4. The zero-order chi connectivity index (χ0) is 35.4. The quantitative estimate of drug-likeness (QED) is 0.149. The van der Waals surface area contributed by atoms with Gasteiger partial charge in [-0.3, -0.25) is 14.4 Å². The van der Waals surface area contributed by atoms with Gasteiger partial charge in [-0.15, -0.1) is 0 Å². The third-order valence-electron chi connectivity index (χ3n) is 15.4. The number of aliphatic carboxylic acids is 1. The number of aliphatic hydroxyl groups excluding tert-OH is 1. The summed E-state index contributed by atoms with van der Waals surface area (Å²) in [6, 6.07) is 7.46. The van der Waals surface area contributed by atoms with Crippen LogP contribution in [0.15, 0.2) is 36.4 Å². The Balaban J connectivity index is 1.17. The summed E-state index contributed by atoms with van der Waals surface area (Å²) in [5.41, 5.74) is 2.77. The first kappa shape index (κ1) is 36.1. The number of benzene rings is 1. The van der Waals surface area contributed by atoms with Gasteiger partial charge in [0.2, 0.25) is 5.91 Å². The molecular formula is C42H62N2O5. The third-order valence-corrected chi connectivity index (χ3v) is 15.4. The Hall–Kier alpha value is -2.67. The molecule has 0 radical (unpaired) electrons. The molecular weight excluding hydrogens is 612 g/mol. The van der Waals surface area contributed by atoms with Crippen LogP contribution in [0.3, 0.4) is 0 Å². The number of hydrogen-bond donors (Lipinski definition) is 4. The molecule has 49 heavy (non-hydrogen) atoms. The molecule has 10 atom stereocenters. The van der Waals surface area contributed by atoms with E-state index < -0.39 is 5.97 Å². The molecule has 5 fully saturated rings. The van der Waals surface area contributed by atoms with Gasteiger partial charge in [0.1, 0.15) is 0 Å². The van der Waals surface area contributed by atoms with E-state index in [4.69, 9.17) is 5.11 Å². The lowest BCUT2D eigenvalue weighted by Gasteiger charge is -2.69. The molecule has 270 valence electrons. The topological polar surface area (TPSA) is 116 Å². The van der Waals surface area contributed by atoms with E-state index in [1.165, 1.54) is 31.3 Å². The molecule has 1 aromatic rings. The molecule has 7 heteroatoms. The Labute approximate surface area is 294 Å². The van der Waals surface area contributed by atoms with Crippen LogP contribution in [0.5, 0.6) is 0 Å². The molecule has 0 aliphatic heterocycles. The monoisotopic (exact) mass is 674 g/mol. The van der Waals surface area contributed by atoms with Crippen molar-refractivity contribution in [3.63, 3.8) is 0 Å². The zero-order valence-electron chi connectivity index (χ0n) is 30.8. The summed E-state index contributed by atoms with van der Waals surface area (Å²) in [7, 11) is 0. The van der Waals surface area contributed by atoms with Crippen molar-refractivity contribution in [2.45, 2.75) is 131 Å². The fourth-order valence-electron chi connectivity index (χ4n) is 13.1. The predicted molar refractivity (Wildman–Crippen MR) is 192 cm³/mol. The summed E-state index contributed by atoms with van der Waals surface area (Å²) < 4.78 is 0. The highest BCUT2D eigenvalue weighted by Gasteiger charge is 2.68. The van der Waals surface area contributed by atoms with Crippen molar-refractivity contribution in [2.24, 2.45) is 57.2 Å². The van der Waals surface area contributed by atoms with Gasteiger partial charge in [-0.05, 0) is 153 Å². The van der Waals surface area contributed by atoms with E-state index in [2.05, 4.69) is 51.8 Å². The molecule has 4 N–H and O–H groups in total. The second-order valence-electron chi connectivity index (χ2n) is 18.1. The number of carbonyl (C=O) groups excluding carboxylic acids is 2. The third kappa shape index (κ3) is 6.18. The summed E-state index contributed by atoms with van der Waals surface area (Å²) in [5, 5.41) is 26.1. The van der Waals surface area contributed by atoms with E-state index in [0.717, 1.165) is 44.1 Å². The Kier molecular flexibility index (Phi) is 9.93.